The summed E-state index contributed by atoms with van der Waals surface area (Å²) in [6.07, 6.45) is 9.77. The molecular weight excluding hydrogens is 389 g/mol. The van der Waals surface area contributed by atoms with Gasteiger partial charge in [0.05, 0.1) is 0 Å². The molecule has 0 unspecified atom stereocenters. The molecule has 0 radical (unpaired) electrons. The van der Waals surface area contributed by atoms with Crippen molar-refractivity contribution in [3.8, 4) is 18.1 Å². The van der Waals surface area contributed by atoms with E-state index in [1.807, 2.05) is 24.3 Å². The zero-order valence-corrected chi connectivity index (χ0v) is 15.2. The highest BCUT2D eigenvalue weighted by Gasteiger charge is 2.11. The standard InChI is InChI=1S/C17H23N3O.HI/c1-2-14-21-16-8-6-15(7-9-16)10-11-19-17(18)20-12-4-3-5-13-20;/h1,6-9H,3-5,10-14H2,(H2,18,19);1H. The SMILES string of the molecule is C#CCOc1ccc(CCN=C(N)N2CCCCC2)cc1.I. The number of ether oxygens (including phenoxy) is 1. The third-order valence-corrected chi connectivity index (χ3v) is 3.60. The van der Waals surface area contributed by atoms with Gasteiger partial charge in [0.2, 0.25) is 0 Å². The predicted molar refractivity (Wildman–Crippen MR) is 102 cm³/mol. The number of likely N-dealkylation sites (tertiary alicyclic amines) is 1. The normalized spacial score (nSPS) is 14.9. The first kappa shape index (κ1) is 18.6. The van der Waals surface area contributed by atoms with Gasteiger partial charge in [0.1, 0.15) is 12.4 Å². The van der Waals surface area contributed by atoms with E-state index in [4.69, 9.17) is 16.9 Å². The first-order chi connectivity index (χ1) is 10.3. The maximum atomic E-state index is 6.03. The molecule has 1 fully saturated rings. The number of aliphatic imine (C=N–C) groups is 1. The van der Waals surface area contributed by atoms with E-state index in [0.29, 0.717) is 19.1 Å². The summed E-state index contributed by atoms with van der Waals surface area (Å²) >= 11 is 0. The topological polar surface area (TPSA) is 50.9 Å². The van der Waals surface area contributed by atoms with Gasteiger partial charge in [0.15, 0.2) is 5.96 Å². The second kappa shape index (κ2) is 10.3. The molecule has 1 aromatic carbocycles. The zero-order chi connectivity index (χ0) is 14.9. The molecular formula is C17H24IN3O. The lowest BCUT2D eigenvalue weighted by Gasteiger charge is -2.27. The summed E-state index contributed by atoms with van der Waals surface area (Å²) in [5.74, 6) is 3.93. The number of halogens is 1. The highest BCUT2D eigenvalue weighted by Crippen LogP contribution is 2.12. The van der Waals surface area contributed by atoms with E-state index in [9.17, 15) is 0 Å². The first-order valence-corrected chi connectivity index (χ1v) is 7.49. The molecule has 0 aromatic heterocycles. The van der Waals surface area contributed by atoms with Crippen LogP contribution in [0.25, 0.3) is 0 Å². The smallest absolute Gasteiger partial charge is 0.191 e. The number of guanidine groups is 1. The largest absolute Gasteiger partial charge is 0.481 e. The quantitative estimate of drug-likeness (QED) is 0.350. The Bertz CT molecular complexity index is 502. The predicted octanol–water partition coefficient (Wildman–Crippen LogP) is 2.66. The van der Waals surface area contributed by atoms with Crippen LogP contribution in [0.2, 0.25) is 0 Å². The van der Waals surface area contributed by atoms with Crippen molar-refractivity contribution in [1.82, 2.24) is 4.90 Å². The van der Waals surface area contributed by atoms with Gasteiger partial charge >= 0.3 is 0 Å². The highest BCUT2D eigenvalue weighted by molar-refractivity contribution is 14.0. The molecule has 0 amide bonds. The molecule has 0 aliphatic carbocycles. The molecule has 1 heterocycles. The number of benzene rings is 1. The molecule has 0 atom stereocenters. The summed E-state index contributed by atoms with van der Waals surface area (Å²) in [5, 5.41) is 0. The monoisotopic (exact) mass is 413 g/mol. The van der Waals surface area contributed by atoms with Crippen LogP contribution in [-0.4, -0.2) is 37.1 Å². The molecule has 0 saturated carbocycles. The van der Waals surface area contributed by atoms with Crippen molar-refractivity contribution in [1.29, 1.82) is 0 Å². The first-order valence-electron chi connectivity index (χ1n) is 7.49. The Morgan fingerprint density at radius 1 is 1.23 bits per heavy atom. The van der Waals surface area contributed by atoms with Crippen LogP contribution in [0.4, 0.5) is 0 Å². The third-order valence-electron chi connectivity index (χ3n) is 3.60. The van der Waals surface area contributed by atoms with Crippen LogP contribution in [0.15, 0.2) is 29.3 Å². The van der Waals surface area contributed by atoms with E-state index in [1.165, 1.54) is 24.8 Å². The summed E-state index contributed by atoms with van der Waals surface area (Å²) in [4.78, 5) is 6.66. The lowest BCUT2D eigenvalue weighted by molar-refractivity contribution is 0.338. The van der Waals surface area contributed by atoms with Crippen molar-refractivity contribution in [2.75, 3.05) is 26.2 Å². The molecule has 22 heavy (non-hydrogen) atoms. The average Bonchev–Trinajstić information content (AvgIpc) is 2.55. The van der Waals surface area contributed by atoms with Crippen LogP contribution < -0.4 is 10.5 Å². The third kappa shape index (κ3) is 6.14. The van der Waals surface area contributed by atoms with Gasteiger partial charge in [-0.3, -0.25) is 4.99 Å². The van der Waals surface area contributed by atoms with Gasteiger partial charge in [-0.2, -0.15) is 0 Å². The Balaban J connectivity index is 0.00000242. The molecule has 120 valence electrons. The van der Waals surface area contributed by atoms with Crippen LogP contribution in [0, 0.1) is 12.3 Å². The van der Waals surface area contributed by atoms with E-state index < -0.39 is 0 Å². The number of nitrogens with two attached hydrogens (primary N) is 1. The van der Waals surface area contributed by atoms with Crippen molar-refractivity contribution in [3.05, 3.63) is 29.8 Å². The Morgan fingerprint density at radius 3 is 2.55 bits per heavy atom. The lowest BCUT2D eigenvalue weighted by atomic mass is 10.1. The van der Waals surface area contributed by atoms with E-state index in [-0.39, 0.29) is 24.0 Å². The van der Waals surface area contributed by atoms with Crippen LogP contribution in [0.1, 0.15) is 24.8 Å². The molecule has 1 saturated heterocycles. The maximum Gasteiger partial charge on any atom is 0.191 e. The number of hydrogen-bond acceptors (Lipinski definition) is 2. The number of hydrogen-bond donors (Lipinski definition) is 1. The Morgan fingerprint density at radius 2 is 1.91 bits per heavy atom. The Hall–Kier alpha value is -1.42. The van der Waals surface area contributed by atoms with Gasteiger partial charge in [-0.05, 0) is 43.4 Å². The fourth-order valence-electron chi connectivity index (χ4n) is 2.40. The fraction of sp³-hybridized carbons (Fsp3) is 0.471. The number of terminal acetylenes is 1. The Labute approximate surface area is 150 Å². The van der Waals surface area contributed by atoms with Gasteiger partial charge in [0, 0.05) is 19.6 Å². The van der Waals surface area contributed by atoms with Gasteiger partial charge in [-0.25, -0.2) is 0 Å². The van der Waals surface area contributed by atoms with E-state index in [0.717, 1.165) is 25.3 Å². The van der Waals surface area contributed by atoms with Crippen molar-refractivity contribution in [2.24, 2.45) is 10.7 Å². The molecule has 0 bridgehead atoms. The highest BCUT2D eigenvalue weighted by atomic mass is 127. The van der Waals surface area contributed by atoms with Crippen LogP contribution in [0.3, 0.4) is 0 Å². The average molecular weight is 413 g/mol. The molecule has 1 aromatic rings. The molecule has 5 heteroatoms. The van der Waals surface area contributed by atoms with Crippen LogP contribution >= 0.6 is 24.0 Å². The summed E-state index contributed by atoms with van der Waals surface area (Å²) in [6, 6.07) is 7.95. The summed E-state index contributed by atoms with van der Waals surface area (Å²) in [5.41, 5.74) is 7.25. The molecule has 1 aliphatic heterocycles. The minimum absolute atomic E-state index is 0. The minimum Gasteiger partial charge on any atom is -0.481 e. The van der Waals surface area contributed by atoms with Crippen molar-refractivity contribution >= 4 is 29.9 Å². The van der Waals surface area contributed by atoms with Crippen molar-refractivity contribution in [2.45, 2.75) is 25.7 Å². The van der Waals surface area contributed by atoms with Crippen molar-refractivity contribution in [3.63, 3.8) is 0 Å². The summed E-state index contributed by atoms with van der Waals surface area (Å²) < 4.78 is 5.34. The van der Waals surface area contributed by atoms with Gasteiger partial charge in [-0.1, -0.05) is 18.1 Å². The van der Waals surface area contributed by atoms with E-state index in [2.05, 4.69) is 15.8 Å². The van der Waals surface area contributed by atoms with E-state index in [1.54, 1.807) is 0 Å². The molecule has 0 spiro atoms. The molecule has 4 nitrogen and oxygen atoms in total. The molecule has 2 rings (SSSR count). The van der Waals surface area contributed by atoms with Crippen molar-refractivity contribution < 1.29 is 4.74 Å². The summed E-state index contributed by atoms with van der Waals surface area (Å²) in [6.45, 7) is 3.09. The Kier molecular flexibility index (Phi) is 8.75. The second-order valence-corrected chi connectivity index (χ2v) is 5.17. The van der Waals surface area contributed by atoms with Crippen LogP contribution in [0.5, 0.6) is 5.75 Å². The van der Waals surface area contributed by atoms with Gasteiger partial charge in [0.25, 0.3) is 0 Å². The number of rotatable bonds is 5. The lowest BCUT2D eigenvalue weighted by Crippen LogP contribution is -2.41. The van der Waals surface area contributed by atoms with Crippen LogP contribution in [-0.2, 0) is 6.42 Å². The maximum absolute atomic E-state index is 6.03. The molecule has 1 aliphatic rings. The van der Waals surface area contributed by atoms with E-state index >= 15 is 0 Å². The van der Waals surface area contributed by atoms with Gasteiger partial charge in [-0.15, -0.1) is 30.4 Å². The molecule has 2 N–H and O–H groups in total. The minimum atomic E-state index is 0. The summed E-state index contributed by atoms with van der Waals surface area (Å²) in [7, 11) is 0. The second-order valence-electron chi connectivity index (χ2n) is 5.17. The number of piperidine rings is 1. The fourth-order valence-corrected chi connectivity index (χ4v) is 2.40. The number of nitrogens with zero attached hydrogens (tertiary/aromatic N) is 2. The zero-order valence-electron chi connectivity index (χ0n) is 12.8. The van der Waals surface area contributed by atoms with Gasteiger partial charge < -0.3 is 15.4 Å².